The zero-order chi connectivity index (χ0) is 19.9. The average Bonchev–Trinajstić information content (AvgIpc) is 3.43. The molecule has 1 saturated carbocycles. The van der Waals surface area contributed by atoms with Crippen LogP contribution in [0, 0.1) is 11.8 Å². The monoisotopic (exact) mass is 385 g/mol. The zero-order valence-electron chi connectivity index (χ0n) is 17.6. The summed E-state index contributed by atoms with van der Waals surface area (Å²) < 4.78 is 0. The van der Waals surface area contributed by atoms with Crippen LogP contribution in [0.15, 0.2) is 18.2 Å². The van der Waals surface area contributed by atoms with E-state index in [1.807, 2.05) is 31.1 Å². The summed E-state index contributed by atoms with van der Waals surface area (Å²) in [7, 11) is 3.83. The molecule has 154 valence electrons. The highest BCUT2D eigenvalue weighted by Gasteiger charge is 2.51. The largest absolute Gasteiger partial charge is 0.508 e. The minimum absolute atomic E-state index is 0.0441. The molecular weight excluding hydrogens is 350 g/mol. The van der Waals surface area contributed by atoms with Crippen LogP contribution in [0.3, 0.4) is 0 Å². The van der Waals surface area contributed by atoms with E-state index in [4.69, 9.17) is 0 Å². The van der Waals surface area contributed by atoms with E-state index in [-0.39, 0.29) is 11.3 Å². The van der Waals surface area contributed by atoms with Gasteiger partial charge in [0.15, 0.2) is 0 Å². The Morgan fingerprint density at radius 2 is 2.14 bits per heavy atom. The predicted octanol–water partition coefficient (Wildman–Crippen LogP) is 2.37. The molecule has 0 radical (unpaired) electrons. The molecule has 2 N–H and O–H groups in total. The number of fused-ring (bicyclic) bond motifs is 4. The molecule has 4 rings (SSSR count). The van der Waals surface area contributed by atoms with Gasteiger partial charge in [0.05, 0.1) is 6.54 Å². The topological polar surface area (TPSA) is 55.8 Å². The van der Waals surface area contributed by atoms with E-state index in [9.17, 15) is 9.90 Å². The number of likely N-dealkylation sites (N-methyl/N-ethyl adjacent to an activating group) is 1. The lowest BCUT2D eigenvalue weighted by atomic mass is 9.56. The van der Waals surface area contributed by atoms with E-state index >= 15 is 0 Å². The first kappa shape index (κ1) is 19.7. The number of benzene rings is 1. The minimum atomic E-state index is 0.0441. The molecule has 2 bridgehead atoms. The number of nitrogens with zero attached hydrogens (tertiary/aromatic N) is 2. The van der Waals surface area contributed by atoms with E-state index in [0.717, 1.165) is 31.7 Å². The number of phenolic OH excluding ortho intramolecular Hbond substituents is 1. The molecule has 1 saturated heterocycles. The molecule has 1 aliphatic heterocycles. The number of rotatable bonds is 7. The van der Waals surface area contributed by atoms with Crippen LogP contribution in [-0.2, 0) is 16.6 Å². The van der Waals surface area contributed by atoms with Gasteiger partial charge in [-0.25, -0.2) is 0 Å². The van der Waals surface area contributed by atoms with Crippen molar-refractivity contribution in [1.82, 2.24) is 15.1 Å². The first-order chi connectivity index (χ1) is 13.4. The van der Waals surface area contributed by atoms with Gasteiger partial charge in [0.1, 0.15) is 5.75 Å². The SMILES string of the molecule is C[C@H]1[C@H]2Cc3ccc(O)cc3C1(CCNC(=O)CN(C)C)CCN2CC1CC1. The lowest BCUT2D eigenvalue weighted by Crippen LogP contribution is -2.60. The summed E-state index contributed by atoms with van der Waals surface area (Å²) in [5.41, 5.74) is 2.76. The van der Waals surface area contributed by atoms with Crippen LogP contribution >= 0.6 is 0 Å². The molecule has 28 heavy (non-hydrogen) atoms. The van der Waals surface area contributed by atoms with Crippen LogP contribution in [0.4, 0.5) is 0 Å². The van der Waals surface area contributed by atoms with Gasteiger partial charge in [-0.15, -0.1) is 0 Å². The molecule has 3 atom stereocenters. The van der Waals surface area contributed by atoms with Crippen LogP contribution in [0.25, 0.3) is 0 Å². The van der Waals surface area contributed by atoms with E-state index in [1.165, 1.54) is 30.5 Å². The number of amides is 1. The maximum absolute atomic E-state index is 12.1. The Bertz CT molecular complexity index is 731. The van der Waals surface area contributed by atoms with Crippen molar-refractivity contribution < 1.29 is 9.90 Å². The van der Waals surface area contributed by atoms with Gasteiger partial charge < -0.3 is 15.3 Å². The van der Waals surface area contributed by atoms with Gasteiger partial charge >= 0.3 is 0 Å². The van der Waals surface area contributed by atoms with Crippen LogP contribution in [0.1, 0.15) is 43.7 Å². The van der Waals surface area contributed by atoms with E-state index in [1.54, 1.807) is 0 Å². The first-order valence-electron chi connectivity index (χ1n) is 10.9. The third-order valence-corrected chi connectivity index (χ3v) is 7.36. The van der Waals surface area contributed by atoms with Crippen LogP contribution in [-0.4, -0.2) is 67.1 Å². The van der Waals surface area contributed by atoms with Crippen LogP contribution in [0.5, 0.6) is 5.75 Å². The molecule has 0 aromatic heterocycles. The van der Waals surface area contributed by atoms with Crippen molar-refractivity contribution in [2.45, 2.75) is 50.5 Å². The van der Waals surface area contributed by atoms with Crippen LogP contribution in [0.2, 0.25) is 0 Å². The number of piperidine rings is 1. The van der Waals surface area contributed by atoms with Crippen molar-refractivity contribution in [3.05, 3.63) is 29.3 Å². The van der Waals surface area contributed by atoms with Gasteiger partial charge in [-0.3, -0.25) is 9.69 Å². The van der Waals surface area contributed by atoms with Gasteiger partial charge in [-0.2, -0.15) is 0 Å². The molecule has 0 spiro atoms. The summed E-state index contributed by atoms with van der Waals surface area (Å²) in [6.45, 7) is 5.90. The Morgan fingerprint density at radius 1 is 1.36 bits per heavy atom. The second-order valence-corrected chi connectivity index (χ2v) is 9.58. The van der Waals surface area contributed by atoms with Gasteiger partial charge in [-0.1, -0.05) is 13.0 Å². The Kier molecular flexibility index (Phi) is 5.41. The van der Waals surface area contributed by atoms with Crippen molar-refractivity contribution >= 4 is 5.91 Å². The molecule has 5 nitrogen and oxygen atoms in total. The molecule has 1 unspecified atom stereocenters. The highest BCUT2D eigenvalue weighted by molar-refractivity contribution is 5.77. The van der Waals surface area contributed by atoms with E-state index < -0.39 is 0 Å². The fourth-order valence-electron chi connectivity index (χ4n) is 5.65. The lowest BCUT2D eigenvalue weighted by Gasteiger charge is -2.56. The van der Waals surface area contributed by atoms with Gasteiger partial charge in [0.25, 0.3) is 0 Å². The molecular formula is C23H35N3O2. The summed E-state index contributed by atoms with van der Waals surface area (Å²) in [5.74, 6) is 1.89. The Labute approximate surface area is 169 Å². The highest BCUT2D eigenvalue weighted by atomic mass is 16.3. The Morgan fingerprint density at radius 3 is 2.86 bits per heavy atom. The fourth-order valence-corrected chi connectivity index (χ4v) is 5.65. The van der Waals surface area contributed by atoms with Crippen molar-refractivity contribution in [2.24, 2.45) is 11.8 Å². The second-order valence-electron chi connectivity index (χ2n) is 9.58. The summed E-state index contributed by atoms with van der Waals surface area (Å²) in [5, 5.41) is 13.3. The molecule has 1 aromatic rings. The third kappa shape index (κ3) is 3.79. The summed E-state index contributed by atoms with van der Waals surface area (Å²) in [4.78, 5) is 16.8. The molecule has 1 heterocycles. The van der Waals surface area contributed by atoms with Crippen LogP contribution < -0.4 is 5.32 Å². The number of carbonyl (C=O) groups excluding carboxylic acids is 1. The zero-order valence-corrected chi connectivity index (χ0v) is 17.6. The molecule has 1 amide bonds. The summed E-state index contributed by atoms with van der Waals surface area (Å²) in [6.07, 6.45) is 5.92. The van der Waals surface area contributed by atoms with Crippen molar-refractivity contribution in [2.75, 3.05) is 40.3 Å². The maximum Gasteiger partial charge on any atom is 0.234 e. The number of phenols is 1. The van der Waals surface area contributed by atoms with E-state index in [0.29, 0.717) is 30.8 Å². The Balaban J connectivity index is 1.56. The van der Waals surface area contributed by atoms with Gasteiger partial charge in [0.2, 0.25) is 5.91 Å². The highest BCUT2D eigenvalue weighted by Crippen LogP contribution is 2.52. The van der Waals surface area contributed by atoms with Gasteiger partial charge in [0, 0.05) is 24.5 Å². The fraction of sp³-hybridized carbons (Fsp3) is 0.696. The Hall–Kier alpha value is -1.59. The number of hydrogen-bond donors (Lipinski definition) is 2. The summed E-state index contributed by atoms with van der Waals surface area (Å²) in [6, 6.07) is 6.54. The van der Waals surface area contributed by atoms with Crippen molar-refractivity contribution in [3.63, 3.8) is 0 Å². The predicted molar refractivity (Wildman–Crippen MR) is 112 cm³/mol. The standard InChI is InChI=1S/C23H35N3O2/c1-16-21-12-18-6-7-19(27)13-20(18)23(16,8-10-24-22(28)15-25(2)3)9-11-26(21)14-17-4-5-17/h6-7,13,16-17,21,27H,4-5,8-12,14-15H2,1-3H3,(H,24,28)/t16-,21+,23?/m0/s1. The third-order valence-electron chi connectivity index (χ3n) is 7.36. The quantitative estimate of drug-likeness (QED) is 0.757. The summed E-state index contributed by atoms with van der Waals surface area (Å²) >= 11 is 0. The maximum atomic E-state index is 12.1. The number of hydrogen-bond acceptors (Lipinski definition) is 4. The first-order valence-corrected chi connectivity index (χ1v) is 10.9. The van der Waals surface area contributed by atoms with Gasteiger partial charge in [-0.05, 0) is 87.8 Å². The average molecular weight is 386 g/mol. The van der Waals surface area contributed by atoms with Crippen molar-refractivity contribution in [1.29, 1.82) is 0 Å². The molecule has 3 aliphatic rings. The minimum Gasteiger partial charge on any atom is -0.508 e. The number of carbonyl (C=O) groups is 1. The second kappa shape index (κ2) is 7.68. The molecule has 5 heteroatoms. The molecule has 2 aliphatic carbocycles. The molecule has 2 fully saturated rings. The number of aromatic hydroxyl groups is 1. The number of nitrogens with one attached hydrogen (secondary N) is 1. The lowest BCUT2D eigenvalue weighted by molar-refractivity contribution is -0.121. The van der Waals surface area contributed by atoms with Crippen molar-refractivity contribution in [3.8, 4) is 5.75 Å². The molecule has 1 aromatic carbocycles. The number of likely N-dealkylation sites (tertiary alicyclic amines) is 1. The normalized spacial score (nSPS) is 29.6. The smallest absolute Gasteiger partial charge is 0.234 e. The van der Waals surface area contributed by atoms with E-state index in [2.05, 4.69) is 23.2 Å².